The standard InChI is InChI=1S/C15H14N2O5S/c1-9(18)14(10(2)19)17-16-13-8-7-11-5-3-4-6-12(11)15(13)23(20,21)22/h3-8,16H,1-2H3,(H,20,21,22). The molecule has 2 aromatic rings. The summed E-state index contributed by atoms with van der Waals surface area (Å²) in [4.78, 5) is 22.3. The van der Waals surface area contributed by atoms with Gasteiger partial charge in [-0.2, -0.15) is 13.5 Å². The molecule has 0 aliphatic rings. The third-order valence-electron chi connectivity index (χ3n) is 3.09. The fourth-order valence-corrected chi connectivity index (χ4v) is 2.99. The maximum Gasteiger partial charge on any atom is 0.297 e. The largest absolute Gasteiger partial charge is 0.297 e. The number of nitrogens with zero attached hydrogens (tertiary/aromatic N) is 1. The highest BCUT2D eigenvalue weighted by molar-refractivity contribution is 7.86. The van der Waals surface area contributed by atoms with E-state index in [0.717, 1.165) is 0 Å². The number of benzene rings is 2. The van der Waals surface area contributed by atoms with E-state index in [1.54, 1.807) is 24.3 Å². The highest BCUT2D eigenvalue weighted by atomic mass is 32.2. The number of anilines is 1. The molecule has 0 unspecified atom stereocenters. The van der Waals surface area contributed by atoms with Gasteiger partial charge in [0.05, 0.1) is 5.69 Å². The first-order valence-corrected chi connectivity index (χ1v) is 8.00. The molecule has 120 valence electrons. The van der Waals surface area contributed by atoms with Crippen molar-refractivity contribution >= 4 is 43.9 Å². The molecule has 0 radical (unpaired) electrons. The van der Waals surface area contributed by atoms with Crippen molar-refractivity contribution in [3.05, 3.63) is 36.4 Å². The number of ketones is 2. The summed E-state index contributed by atoms with van der Waals surface area (Å²) in [7, 11) is -4.55. The van der Waals surface area contributed by atoms with Crippen molar-refractivity contribution in [3.8, 4) is 0 Å². The Morgan fingerprint density at radius 2 is 1.65 bits per heavy atom. The van der Waals surface area contributed by atoms with Gasteiger partial charge in [-0.1, -0.05) is 30.3 Å². The number of carbonyl (C=O) groups is 2. The molecule has 0 spiro atoms. The SMILES string of the molecule is CC(=O)C(=NNc1ccc2ccccc2c1S(=O)(=O)O)C(C)=O. The first kappa shape index (κ1) is 16.8. The quantitative estimate of drug-likeness (QED) is 0.374. The lowest BCUT2D eigenvalue weighted by atomic mass is 10.1. The minimum atomic E-state index is -4.55. The number of Topliss-reactive ketones (excluding diaryl/α,β-unsaturated/α-hetero) is 2. The molecule has 7 nitrogen and oxygen atoms in total. The van der Waals surface area contributed by atoms with Gasteiger partial charge < -0.3 is 0 Å². The highest BCUT2D eigenvalue weighted by Crippen LogP contribution is 2.30. The summed E-state index contributed by atoms with van der Waals surface area (Å²) >= 11 is 0. The van der Waals surface area contributed by atoms with E-state index in [-0.39, 0.29) is 16.3 Å². The first-order valence-electron chi connectivity index (χ1n) is 6.56. The number of rotatable bonds is 5. The Kier molecular flexibility index (Phi) is 4.57. The fourth-order valence-electron chi connectivity index (χ4n) is 2.13. The average Bonchev–Trinajstić information content (AvgIpc) is 2.44. The molecule has 0 aliphatic carbocycles. The Balaban J connectivity index is 2.64. The highest BCUT2D eigenvalue weighted by Gasteiger charge is 2.20. The number of carbonyl (C=O) groups excluding carboxylic acids is 2. The number of nitrogens with one attached hydrogen (secondary N) is 1. The van der Waals surface area contributed by atoms with Gasteiger partial charge in [-0.3, -0.25) is 19.6 Å². The molecular weight excluding hydrogens is 320 g/mol. The van der Waals surface area contributed by atoms with E-state index in [1.165, 1.54) is 26.0 Å². The third kappa shape index (κ3) is 3.61. The van der Waals surface area contributed by atoms with Crippen LogP contribution in [0.3, 0.4) is 0 Å². The summed E-state index contributed by atoms with van der Waals surface area (Å²) in [6, 6.07) is 9.60. The predicted octanol–water partition coefficient (Wildman–Crippen LogP) is 2.03. The Hall–Kier alpha value is -2.58. The van der Waals surface area contributed by atoms with Crippen molar-refractivity contribution < 1.29 is 22.6 Å². The fraction of sp³-hybridized carbons (Fsp3) is 0.133. The summed E-state index contributed by atoms with van der Waals surface area (Å²) in [6.07, 6.45) is 0. The molecule has 0 saturated carbocycles. The van der Waals surface area contributed by atoms with Gasteiger partial charge in [0.1, 0.15) is 4.90 Å². The Bertz CT molecular complexity index is 916. The molecule has 0 heterocycles. The van der Waals surface area contributed by atoms with E-state index >= 15 is 0 Å². The summed E-state index contributed by atoms with van der Waals surface area (Å²) in [5.74, 6) is -1.11. The van der Waals surface area contributed by atoms with Crippen molar-refractivity contribution in [2.24, 2.45) is 5.10 Å². The van der Waals surface area contributed by atoms with Crippen LogP contribution >= 0.6 is 0 Å². The molecule has 2 N–H and O–H groups in total. The van der Waals surface area contributed by atoms with Crippen LogP contribution < -0.4 is 5.43 Å². The summed E-state index contributed by atoms with van der Waals surface area (Å²) in [5, 5.41) is 4.56. The number of hydrogen-bond donors (Lipinski definition) is 2. The van der Waals surface area contributed by atoms with Crippen molar-refractivity contribution in [1.82, 2.24) is 0 Å². The van der Waals surface area contributed by atoms with Gasteiger partial charge in [0.2, 0.25) is 0 Å². The molecule has 0 atom stereocenters. The van der Waals surface area contributed by atoms with Gasteiger partial charge in [0.15, 0.2) is 17.3 Å². The van der Waals surface area contributed by atoms with E-state index in [9.17, 15) is 22.6 Å². The van der Waals surface area contributed by atoms with Gasteiger partial charge in [0.25, 0.3) is 10.1 Å². The van der Waals surface area contributed by atoms with Gasteiger partial charge in [-0.05, 0) is 11.5 Å². The van der Waals surface area contributed by atoms with Crippen molar-refractivity contribution in [1.29, 1.82) is 0 Å². The maximum absolute atomic E-state index is 11.7. The van der Waals surface area contributed by atoms with Crippen LogP contribution in [0.15, 0.2) is 46.4 Å². The van der Waals surface area contributed by atoms with Gasteiger partial charge in [0, 0.05) is 19.2 Å². The molecule has 2 rings (SSSR count). The van der Waals surface area contributed by atoms with Crippen LogP contribution in [-0.4, -0.2) is 30.2 Å². The van der Waals surface area contributed by atoms with Crippen LogP contribution in [-0.2, 0) is 19.7 Å². The first-order chi connectivity index (χ1) is 10.7. The van der Waals surface area contributed by atoms with Crippen LogP contribution in [0.5, 0.6) is 0 Å². The van der Waals surface area contributed by atoms with Crippen LogP contribution in [0.4, 0.5) is 5.69 Å². The second-order valence-corrected chi connectivity index (χ2v) is 6.18. The van der Waals surface area contributed by atoms with Crippen molar-refractivity contribution in [3.63, 3.8) is 0 Å². The zero-order valence-electron chi connectivity index (χ0n) is 12.4. The summed E-state index contributed by atoms with van der Waals surface area (Å²) < 4.78 is 32.9. The van der Waals surface area contributed by atoms with Crippen molar-refractivity contribution in [2.75, 3.05) is 5.43 Å². The van der Waals surface area contributed by atoms with Crippen LogP contribution in [0, 0.1) is 0 Å². The second kappa shape index (κ2) is 6.27. The lowest BCUT2D eigenvalue weighted by Crippen LogP contribution is -2.20. The molecule has 0 fully saturated rings. The number of hydrogen-bond acceptors (Lipinski definition) is 6. The van der Waals surface area contributed by atoms with Gasteiger partial charge in [-0.15, -0.1) is 0 Å². The van der Waals surface area contributed by atoms with Gasteiger partial charge >= 0.3 is 0 Å². The lowest BCUT2D eigenvalue weighted by molar-refractivity contribution is -0.114. The van der Waals surface area contributed by atoms with E-state index in [0.29, 0.717) is 10.8 Å². The minimum Gasteiger partial charge on any atom is -0.293 e. The van der Waals surface area contributed by atoms with Crippen LogP contribution in [0.2, 0.25) is 0 Å². The molecule has 0 amide bonds. The monoisotopic (exact) mass is 334 g/mol. The normalized spacial score (nSPS) is 11.1. The molecule has 23 heavy (non-hydrogen) atoms. The lowest BCUT2D eigenvalue weighted by Gasteiger charge is -2.10. The van der Waals surface area contributed by atoms with E-state index in [2.05, 4.69) is 10.5 Å². The zero-order chi connectivity index (χ0) is 17.2. The smallest absolute Gasteiger partial charge is 0.293 e. The Labute approximate surface area is 132 Å². The topological polar surface area (TPSA) is 113 Å². The van der Waals surface area contributed by atoms with Crippen LogP contribution in [0.25, 0.3) is 10.8 Å². The minimum absolute atomic E-state index is 0.0359. The molecule has 0 aliphatic heterocycles. The molecule has 8 heteroatoms. The molecule has 0 bridgehead atoms. The Morgan fingerprint density at radius 1 is 1.04 bits per heavy atom. The summed E-state index contributed by atoms with van der Waals surface area (Å²) in [6.45, 7) is 2.35. The van der Waals surface area contributed by atoms with E-state index in [4.69, 9.17) is 0 Å². The third-order valence-corrected chi connectivity index (χ3v) is 4.05. The molecule has 0 saturated heterocycles. The zero-order valence-corrected chi connectivity index (χ0v) is 13.2. The molecular formula is C15H14N2O5S. The predicted molar refractivity (Wildman–Crippen MR) is 86.2 cm³/mol. The average molecular weight is 334 g/mol. The maximum atomic E-state index is 11.7. The van der Waals surface area contributed by atoms with Crippen LogP contribution in [0.1, 0.15) is 13.8 Å². The number of fused-ring (bicyclic) bond motifs is 1. The van der Waals surface area contributed by atoms with Crippen molar-refractivity contribution in [2.45, 2.75) is 18.7 Å². The Morgan fingerprint density at radius 3 is 2.22 bits per heavy atom. The molecule has 0 aromatic heterocycles. The second-order valence-electron chi connectivity index (χ2n) is 4.82. The summed E-state index contributed by atoms with van der Waals surface area (Å²) in [5.41, 5.74) is 2.00. The van der Waals surface area contributed by atoms with E-state index in [1.807, 2.05) is 0 Å². The number of hydrazone groups is 1. The van der Waals surface area contributed by atoms with E-state index < -0.39 is 21.7 Å². The molecule has 2 aromatic carbocycles. The van der Waals surface area contributed by atoms with Gasteiger partial charge in [-0.25, -0.2) is 0 Å².